The number of nitrogens with one attached hydrogen (secondary N) is 3. The highest BCUT2D eigenvalue weighted by Crippen LogP contribution is 2.53. The lowest BCUT2D eigenvalue weighted by Crippen LogP contribution is -2.66. The quantitative estimate of drug-likeness (QED) is 0.00970. The molecule has 1 aromatic heterocycles. The van der Waals surface area contributed by atoms with Crippen LogP contribution in [0.3, 0.4) is 0 Å². The molecule has 10 atom stereocenters. The van der Waals surface area contributed by atoms with E-state index in [0.29, 0.717) is 43.7 Å². The Bertz CT molecular complexity index is 3010. The van der Waals surface area contributed by atoms with Crippen molar-refractivity contribution in [1.82, 2.24) is 24.9 Å². The molecule has 2 amide bonds. The molecule has 0 aliphatic carbocycles. The molecule has 0 saturated carbocycles. The molecule has 3 aromatic carbocycles. The second-order valence-electron chi connectivity index (χ2n) is 22.6. The van der Waals surface area contributed by atoms with Crippen LogP contribution in [0.4, 0.5) is 0 Å². The first-order valence-corrected chi connectivity index (χ1v) is 31.8. The highest BCUT2D eigenvalue weighted by Gasteiger charge is 2.53. The van der Waals surface area contributed by atoms with Crippen LogP contribution >= 0.6 is 8.53 Å². The van der Waals surface area contributed by atoms with Crippen LogP contribution in [-0.4, -0.2) is 153 Å². The van der Waals surface area contributed by atoms with Crippen molar-refractivity contribution in [1.29, 1.82) is 0 Å². The lowest BCUT2D eigenvalue weighted by molar-refractivity contribution is -0.277. The van der Waals surface area contributed by atoms with Gasteiger partial charge in [-0.2, -0.15) is 0 Å². The Morgan fingerprint density at radius 1 is 0.711 bits per heavy atom. The van der Waals surface area contributed by atoms with Gasteiger partial charge in [0, 0.05) is 77.5 Å². The number of amides is 2. The first kappa shape index (κ1) is 72.0. The highest BCUT2D eigenvalue weighted by atomic mass is 31.2. The molecule has 3 N–H and O–H groups in total. The number of aromatic amines is 1. The lowest BCUT2D eigenvalue weighted by Gasteiger charge is -2.44. The van der Waals surface area contributed by atoms with Gasteiger partial charge in [-0.15, -0.1) is 0 Å². The standard InChI is InChI=1S/C65H89N6O18P/c1-42(2)71(43(3)4)90(84-39-36-66-9)89-59-53(24-18-13-12-14-20-35-67-56(76)25-19-21-38-81-63-58(68-44(5)72)61(86-47(8)75)60(85-46(7)74)54(88-63)40-82-45(6)73)62(70-37-34-57(77)69-64(70)78)87-55(59)41-83-65(48-22-16-15-17-23-48,49-26-30-51(79-10)31-27-49)50-28-32-52(80-11)33-29-50/h15-17,22-23,26-34,37,42-43,53-55,58-63H,12-14,18-21,24-25,35-36,38-41H2,1-8,10-11H3,(H,67,76)(H,68,72)(H,69,77,78)/t53-,54+,55+,58+,59?,60-,61+,62+,63+,90?/m0/s1. The van der Waals surface area contributed by atoms with Gasteiger partial charge in [0.05, 0.1) is 20.8 Å². The van der Waals surface area contributed by atoms with Crippen molar-refractivity contribution >= 4 is 38.2 Å². The number of esters is 3. The Morgan fingerprint density at radius 3 is 1.89 bits per heavy atom. The molecule has 3 heterocycles. The van der Waals surface area contributed by atoms with Gasteiger partial charge in [0.15, 0.2) is 18.5 Å². The number of hydrogen-bond acceptors (Lipinski definition) is 19. The molecule has 0 radical (unpaired) electrons. The Morgan fingerprint density at radius 2 is 1.31 bits per heavy atom. The number of ether oxygens (including phenoxy) is 9. The van der Waals surface area contributed by atoms with E-state index >= 15 is 0 Å². The Balaban J connectivity index is 1.15. The van der Waals surface area contributed by atoms with Gasteiger partial charge in [0.1, 0.15) is 60.9 Å². The fourth-order valence-electron chi connectivity index (χ4n) is 11.3. The number of aromatic nitrogens is 2. The molecule has 25 heteroatoms. The number of carbonyl (C=O) groups is 5. The van der Waals surface area contributed by atoms with Gasteiger partial charge in [-0.3, -0.25) is 38.3 Å². The van der Waals surface area contributed by atoms with Gasteiger partial charge in [-0.05, 0) is 94.3 Å². The number of nitrogens with zero attached hydrogens (tertiary/aromatic N) is 3. The number of carbonyl (C=O) groups excluding carboxylic acids is 5. The summed E-state index contributed by atoms with van der Waals surface area (Å²) in [4.78, 5) is 93.8. The molecule has 0 spiro atoms. The summed E-state index contributed by atoms with van der Waals surface area (Å²) in [5, 5.41) is 5.68. The van der Waals surface area contributed by atoms with E-state index in [1.54, 1.807) is 14.2 Å². The molecular weight excluding hydrogens is 1180 g/mol. The molecule has 2 aliphatic rings. The third-order valence-electron chi connectivity index (χ3n) is 15.3. The van der Waals surface area contributed by atoms with E-state index in [4.69, 9.17) is 58.3 Å². The minimum Gasteiger partial charge on any atom is -0.497 e. The van der Waals surface area contributed by atoms with Crippen LogP contribution in [0.15, 0.2) is 101 Å². The van der Waals surface area contributed by atoms with Crippen molar-refractivity contribution in [3.05, 3.63) is 140 Å². The Hall–Kier alpha value is -7.07. The second kappa shape index (κ2) is 36.1. The molecule has 24 nitrogen and oxygen atoms in total. The van der Waals surface area contributed by atoms with Crippen LogP contribution in [0.25, 0.3) is 4.85 Å². The Labute approximate surface area is 528 Å². The first-order valence-electron chi connectivity index (χ1n) is 30.7. The third-order valence-corrected chi connectivity index (χ3v) is 17.4. The van der Waals surface area contributed by atoms with Gasteiger partial charge >= 0.3 is 23.6 Å². The van der Waals surface area contributed by atoms with Gasteiger partial charge in [-0.1, -0.05) is 80.3 Å². The number of hydrogen-bond donors (Lipinski definition) is 3. The average Bonchev–Trinajstić information content (AvgIpc) is 1.25. The van der Waals surface area contributed by atoms with Crippen LogP contribution in [0.5, 0.6) is 11.5 Å². The van der Waals surface area contributed by atoms with Crippen molar-refractivity contribution in [3.8, 4) is 11.5 Å². The highest BCUT2D eigenvalue weighted by molar-refractivity contribution is 7.44. The fraction of sp³-hybridized carbons (Fsp3) is 0.569. The monoisotopic (exact) mass is 1270 g/mol. The zero-order chi connectivity index (χ0) is 65.3. The summed E-state index contributed by atoms with van der Waals surface area (Å²) in [6.45, 7) is 21.0. The van der Waals surface area contributed by atoms with E-state index in [1.807, 2.05) is 78.9 Å². The molecule has 6 rings (SSSR count). The minimum atomic E-state index is -1.84. The molecule has 2 fully saturated rings. The Kier molecular flexibility index (Phi) is 28.9. The number of benzene rings is 3. The summed E-state index contributed by atoms with van der Waals surface area (Å²) in [5.74, 6) is -1.87. The first-order chi connectivity index (χ1) is 43.2. The van der Waals surface area contributed by atoms with Crippen molar-refractivity contribution in [2.24, 2.45) is 5.92 Å². The van der Waals surface area contributed by atoms with Gasteiger partial charge in [0.2, 0.25) is 18.4 Å². The fourth-order valence-corrected chi connectivity index (χ4v) is 13.1. The van der Waals surface area contributed by atoms with E-state index in [0.717, 1.165) is 56.2 Å². The van der Waals surface area contributed by atoms with Crippen LogP contribution in [0, 0.1) is 12.5 Å². The van der Waals surface area contributed by atoms with Crippen molar-refractivity contribution in [2.45, 2.75) is 180 Å². The zero-order valence-electron chi connectivity index (χ0n) is 53.3. The number of rotatable bonds is 36. The predicted molar refractivity (Wildman–Crippen MR) is 333 cm³/mol. The van der Waals surface area contributed by atoms with Crippen LogP contribution in [0.1, 0.15) is 136 Å². The van der Waals surface area contributed by atoms with Crippen LogP contribution < -0.4 is 31.4 Å². The van der Waals surface area contributed by atoms with Gasteiger partial charge in [-0.25, -0.2) is 16.0 Å². The van der Waals surface area contributed by atoms with E-state index < -0.39 is 104 Å². The molecule has 90 heavy (non-hydrogen) atoms. The van der Waals surface area contributed by atoms with Gasteiger partial charge in [0.25, 0.3) is 14.1 Å². The van der Waals surface area contributed by atoms with E-state index in [2.05, 4.69) is 52.8 Å². The number of unbranched alkanes of at least 4 members (excludes halogenated alkanes) is 5. The second-order valence-corrected chi connectivity index (χ2v) is 24.0. The van der Waals surface area contributed by atoms with Crippen LogP contribution in [-0.2, 0) is 71.8 Å². The average molecular weight is 1270 g/mol. The normalized spacial score (nSPS) is 21.1. The van der Waals surface area contributed by atoms with E-state index in [-0.39, 0.29) is 57.4 Å². The maximum absolute atomic E-state index is 13.9. The minimum absolute atomic E-state index is 0.0288. The maximum Gasteiger partial charge on any atom is 0.330 e. The van der Waals surface area contributed by atoms with Crippen molar-refractivity contribution < 1.29 is 75.7 Å². The summed E-state index contributed by atoms with van der Waals surface area (Å²) < 4.78 is 71.5. The summed E-state index contributed by atoms with van der Waals surface area (Å²) in [6.07, 6.45) is -0.398. The van der Waals surface area contributed by atoms with E-state index in [1.165, 1.54) is 30.7 Å². The summed E-state index contributed by atoms with van der Waals surface area (Å²) in [5.41, 5.74) is -0.00819. The summed E-state index contributed by atoms with van der Waals surface area (Å²) >= 11 is 0. The third kappa shape index (κ3) is 20.5. The lowest BCUT2D eigenvalue weighted by atomic mass is 9.80. The largest absolute Gasteiger partial charge is 0.497 e. The van der Waals surface area contributed by atoms with Crippen LogP contribution in [0.2, 0.25) is 0 Å². The predicted octanol–water partition coefficient (Wildman–Crippen LogP) is 8.04. The summed E-state index contributed by atoms with van der Waals surface area (Å²) in [6, 6.07) is 25.4. The summed E-state index contributed by atoms with van der Waals surface area (Å²) in [7, 11) is 1.39. The number of methoxy groups -OCH3 is 2. The zero-order valence-corrected chi connectivity index (χ0v) is 54.1. The van der Waals surface area contributed by atoms with Gasteiger partial charge < -0.3 is 67.2 Å². The van der Waals surface area contributed by atoms with Crippen molar-refractivity contribution in [3.63, 3.8) is 0 Å². The van der Waals surface area contributed by atoms with Crippen molar-refractivity contribution in [2.75, 3.05) is 53.7 Å². The molecule has 492 valence electrons. The van der Waals surface area contributed by atoms with E-state index in [9.17, 15) is 33.6 Å². The molecule has 4 aromatic rings. The topological polar surface area (TPSA) is 273 Å². The smallest absolute Gasteiger partial charge is 0.330 e. The number of H-pyrrole nitrogens is 1. The molecule has 2 saturated heterocycles. The SMILES string of the molecule is [C-]#[N+]CCOP(OC1[C@@H](COC(c2ccccc2)(c2ccc(OC)cc2)c2ccc(OC)cc2)O[C@@H](n2ccc(=O)[nH]c2=O)[C@H]1CCCCCCCNC(=O)CCCCO[C@@H]1O[C@H](COC(C)=O)[C@H](OC(C)=O)[C@H](OC(C)=O)[C@H]1NC(C)=O)N(C(C)C)C(C)C. The molecule has 2 aliphatic heterocycles. The molecule has 0 bridgehead atoms. The molecular formula is C65H89N6O18P. The molecule has 2 unspecified atom stereocenters. The maximum atomic E-state index is 13.9.